The number of hydrogen-bond donors (Lipinski definition) is 1. The molecule has 3 nitrogen and oxygen atoms in total. The third-order valence-electron chi connectivity index (χ3n) is 6.07. The van der Waals surface area contributed by atoms with Gasteiger partial charge in [0.15, 0.2) is 0 Å². The predicted molar refractivity (Wildman–Crippen MR) is 93.5 cm³/mol. The van der Waals surface area contributed by atoms with Gasteiger partial charge in [0.25, 0.3) is 0 Å². The first-order valence-corrected chi connectivity index (χ1v) is 10.0. The van der Waals surface area contributed by atoms with E-state index in [2.05, 4.69) is 6.92 Å². The third kappa shape index (κ3) is 6.82. The van der Waals surface area contributed by atoms with Crippen LogP contribution in [0.4, 0.5) is 0 Å². The van der Waals surface area contributed by atoms with Crippen molar-refractivity contribution in [3.8, 4) is 0 Å². The van der Waals surface area contributed by atoms with Crippen LogP contribution in [0.5, 0.6) is 0 Å². The molecule has 2 aliphatic carbocycles. The number of hydrogen-bond acceptors (Lipinski definition) is 2. The van der Waals surface area contributed by atoms with E-state index in [4.69, 9.17) is 9.84 Å². The van der Waals surface area contributed by atoms with Crippen LogP contribution >= 0.6 is 0 Å². The summed E-state index contributed by atoms with van der Waals surface area (Å²) in [6.07, 6.45) is 16.2. The lowest BCUT2D eigenvalue weighted by atomic mass is 9.77. The van der Waals surface area contributed by atoms with Crippen LogP contribution in [0, 0.1) is 17.8 Å². The Hall–Kier alpha value is -0.570. The first-order chi connectivity index (χ1) is 11.2. The molecule has 0 atom stereocenters. The van der Waals surface area contributed by atoms with Gasteiger partial charge in [-0.2, -0.15) is 0 Å². The van der Waals surface area contributed by atoms with E-state index >= 15 is 0 Å². The molecule has 2 aliphatic rings. The maximum Gasteiger partial charge on any atom is 0.306 e. The van der Waals surface area contributed by atoms with E-state index in [0.717, 1.165) is 44.1 Å². The number of carbonyl (C=O) groups is 1. The second kappa shape index (κ2) is 10.3. The largest absolute Gasteiger partial charge is 0.481 e. The fourth-order valence-electron chi connectivity index (χ4n) is 4.36. The van der Waals surface area contributed by atoms with E-state index in [1.54, 1.807) is 0 Å². The van der Waals surface area contributed by atoms with Gasteiger partial charge in [0.05, 0.1) is 12.0 Å². The molecule has 1 N–H and O–H groups in total. The number of ether oxygens (including phenoxy) is 1. The van der Waals surface area contributed by atoms with Crippen LogP contribution in [-0.4, -0.2) is 23.8 Å². The monoisotopic (exact) mass is 324 g/mol. The average molecular weight is 325 g/mol. The smallest absolute Gasteiger partial charge is 0.306 e. The standard InChI is InChI=1S/C20H36O3/c1-2-3-4-15-23-19-13-9-17(10-14-19)6-5-16-7-11-18(12-8-16)20(21)22/h16-19H,2-15H2,1H3,(H,21,22). The molecule has 0 spiro atoms. The lowest BCUT2D eigenvalue weighted by Gasteiger charge is -2.31. The highest BCUT2D eigenvalue weighted by atomic mass is 16.5. The van der Waals surface area contributed by atoms with Crippen LogP contribution in [0.1, 0.15) is 90.4 Å². The Morgan fingerprint density at radius 2 is 1.48 bits per heavy atom. The second-order valence-electron chi connectivity index (χ2n) is 7.85. The molecule has 2 fully saturated rings. The summed E-state index contributed by atoms with van der Waals surface area (Å²) in [7, 11) is 0. The molecule has 23 heavy (non-hydrogen) atoms. The lowest BCUT2D eigenvalue weighted by Crippen LogP contribution is -2.24. The summed E-state index contributed by atoms with van der Waals surface area (Å²) in [4.78, 5) is 11.0. The van der Waals surface area contributed by atoms with E-state index in [9.17, 15) is 4.79 Å². The molecule has 0 unspecified atom stereocenters. The molecule has 0 bridgehead atoms. The van der Waals surface area contributed by atoms with Gasteiger partial charge in [0.1, 0.15) is 0 Å². The van der Waals surface area contributed by atoms with Crippen molar-refractivity contribution >= 4 is 5.97 Å². The van der Waals surface area contributed by atoms with Crippen molar-refractivity contribution in [2.75, 3.05) is 6.61 Å². The molecule has 0 amide bonds. The van der Waals surface area contributed by atoms with Gasteiger partial charge in [-0.1, -0.05) is 32.6 Å². The summed E-state index contributed by atoms with van der Waals surface area (Å²) < 4.78 is 6.01. The Morgan fingerprint density at radius 1 is 0.913 bits per heavy atom. The van der Waals surface area contributed by atoms with Crippen LogP contribution in [0.15, 0.2) is 0 Å². The molecule has 3 heteroatoms. The quantitative estimate of drug-likeness (QED) is 0.576. The van der Waals surface area contributed by atoms with Gasteiger partial charge in [-0.25, -0.2) is 0 Å². The van der Waals surface area contributed by atoms with Gasteiger partial charge in [-0.15, -0.1) is 0 Å². The highest BCUT2D eigenvalue weighted by Crippen LogP contribution is 2.35. The molecule has 0 heterocycles. The summed E-state index contributed by atoms with van der Waals surface area (Å²) in [5.41, 5.74) is 0. The van der Waals surface area contributed by atoms with Gasteiger partial charge in [-0.3, -0.25) is 4.79 Å². The summed E-state index contributed by atoms with van der Waals surface area (Å²) in [5, 5.41) is 9.06. The molecule has 0 radical (unpaired) electrons. The Labute approximate surface area is 142 Å². The van der Waals surface area contributed by atoms with Crippen molar-refractivity contribution in [2.24, 2.45) is 17.8 Å². The molecule has 0 aliphatic heterocycles. The van der Waals surface area contributed by atoms with E-state index in [1.165, 1.54) is 57.8 Å². The van der Waals surface area contributed by atoms with Gasteiger partial charge in [-0.05, 0) is 69.6 Å². The molecule has 0 aromatic carbocycles. The maximum absolute atomic E-state index is 11.0. The van der Waals surface area contributed by atoms with Crippen LogP contribution < -0.4 is 0 Å². The fraction of sp³-hybridized carbons (Fsp3) is 0.950. The van der Waals surface area contributed by atoms with E-state index < -0.39 is 5.97 Å². The topological polar surface area (TPSA) is 46.5 Å². The number of carboxylic acids is 1. The first kappa shape index (κ1) is 18.8. The van der Waals surface area contributed by atoms with Gasteiger partial charge < -0.3 is 9.84 Å². The third-order valence-corrected chi connectivity index (χ3v) is 6.07. The minimum Gasteiger partial charge on any atom is -0.481 e. The van der Waals surface area contributed by atoms with Crippen molar-refractivity contribution in [1.82, 2.24) is 0 Å². The molecular weight excluding hydrogens is 288 g/mol. The van der Waals surface area contributed by atoms with E-state index in [1.807, 2.05) is 0 Å². The van der Waals surface area contributed by atoms with Crippen molar-refractivity contribution < 1.29 is 14.6 Å². The van der Waals surface area contributed by atoms with Crippen molar-refractivity contribution in [3.05, 3.63) is 0 Å². The maximum atomic E-state index is 11.0. The van der Waals surface area contributed by atoms with Crippen molar-refractivity contribution in [2.45, 2.75) is 96.5 Å². The number of rotatable bonds is 9. The SMILES string of the molecule is CCCCCOC1CCC(CCC2CCC(C(=O)O)CC2)CC1. The molecule has 134 valence electrons. The summed E-state index contributed by atoms with van der Waals surface area (Å²) >= 11 is 0. The number of aliphatic carboxylic acids is 1. The van der Waals surface area contributed by atoms with Crippen LogP contribution in [-0.2, 0) is 9.53 Å². The van der Waals surface area contributed by atoms with Crippen molar-refractivity contribution in [3.63, 3.8) is 0 Å². The zero-order valence-corrected chi connectivity index (χ0v) is 15.0. The summed E-state index contributed by atoms with van der Waals surface area (Å²) in [6, 6.07) is 0. The highest BCUT2D eigenvalue weighted by Gasteiger charge is 2.27. The van der Waals surface area contributed by atoms with Gasteiger partial charge in [0.2, 0.25) is 0 Å². The zero-order valence-electron chi connectivity index (χ0n) is 15.0. The van der Waals surface area contributed by atoms with Crippen molar-refractivity contribution in [1.29, 1.82) is 0 Å². The molecule has 0 saturated heterocycles. The molecule has 2 rings (SSSR count). The normalized spacial score (nSPS) is 31.9. The fourth-order valence-corrected chi connectivity index (χ4v) is 4.36. The zero-order chi connectivity index (χ0) is 16.5. The van der Waals surface area contributed by atoms with Crippen LogP contribution in [0.2, 0.25) is 0 Å². The Bertz CT molecular complexity index is 326. The predicted octanol–water partition coefficient (Wildman–Crippen LogP) is 5.42. The second-order valence-corrected chi connectivity index (χ2v) is 7.85. The van der Waals surface area contributed by atoms with E-state index in [-0.39, 0.29) is 5.92 Å². The molecular formula is C20H36O3. The number of carboxylic acid groups (broad SMARTS) is 1. The minimum atomic E-state index is -0.583. The Morgan fingerprint density at radius 3 is 2.00 bits per heavy atom. The Balaban J connectivity index is 1.52. The van der Waals surface area contributed by atoms with Crippen LogP contribution in [0.25, 0.3) is 0 Å². The average Bonchev–Trinajstić information content (AvgIpc) is 2.58. The Kier molecular flexibility index (Phi) is 8.43. The minimum absolute atomic E-state index is 0.0634. The number of unbranched alkanes of at least 4 members (excludes halogenated alkanes) is 2. The van der Waals surface area contributed by atoms with Crippen LogP contribution in [0.3, 0.4) is 0 Å². The molecule has 0 aromatic heterocycles. The van der Waals surface area contributed by atoms with Gasteiger partial charge in [0, 0.05) is 6.61 Å². The first-order valence-electron chi connectivity index (χ1n) is 10.0. The molecule has 0 aromatic rings. The molecule has 2 saturated carbocycles. The van der Waals surface area contributed by atoms with E-state index in [0.29, 0.717) is 6.10 Å². The summed E-state index contributed by atoms with van der Waals surface area (Å²) in [5.74, 6) is 1.03. The lowest BCUT2D eigenvalue weighted by molar-refractivity contribution is -0.143. The van der Waals surface area contributed by atoms with Gasteiger partial charge >= 0.3 is 5.97 Å². The highest BCUT2D eigenvalue weighted by molar-refractivity contribution is 5.69. The summed E-state index contributed by atoms with van der Waals surface area (Å²) in [6.45, 7) is 3.19.